The lowest BCUT2D eigenvalue weighted by Gasteiger charge is -2.30. The Balaban J connectivity index is 1.61. The Kier molecular flexibility index (Phi) is 11.5. The second-order valence-electron chi connectivity index (χ2n) is 8.19. The smallest absolute Gasteiger partial charge is 0.344 e. The molecule has 13 heteroatoms. The summed E-state index contributed by atoms with van der Waals surface area (Å²) in [6.07, 6.45) is 1.45. The molecule has 3 N–H and O–H groups in total. The summed E-state index contributed by atoms with van der Waals surface area (Å²) >= 11 is 8.67. The molecule has 0 spiro atoms. The van der Waals surface area contributed by atoms with E-state index in [0.29, 0.717) is 43.5 Å². The zero-order valence-electron chi connectivity index (χ0n) is 22.1. The number of benzene rings is 2. The summed E-state index contributed by atoms with van der Waals surface area (Å²) < 4.78 is 21.9. The van der Waals surface area contributed by atoms with E-state index in [9.17, 15) is 14.4 Å². The van der Waals surface area contributed by atoms with Crippen molar-refractivity contribution in [3.63, 3.8) is 0 Å². The lowest BCUT2D eigenvalue weighted by atomic mass is 9.95. The van der Waals surface area contributed by atoms with E-state index in [-0.39, 0.29) is 26.4 Å². The number of hydrogen-bond donors (Lipinski definition) is 3. The Labute approximate surface area is 245 Å². The highest BCUT2D eigenvalue weighted by molar-refractivity contribution is 9.10. The summed E-state index contributed by atoms with van der Waals surface area (Å²) in [4.78, 5) is 36.6. The summed E-state index contributed by atoms with van der Waals surface area (Å²) in [5.41, 5.74) is 4.63. The normalized spacial score (nSPS) is 14.7. The Hall–Kier alpha value is -3.97. The number of esters is 2. The molecule has 1 heterocycles. The van der Waals surface area contributed by atoms with Crippen molar-refractivity contribution in [3.8, 4) is 11.5 Å². The van der Waals surface area contributed by atoms with Gasteiger partial charge in [0.25, 0.3) is 5.91 Å². The second kappa shape index (κ2) is 15.0. The maximum atomic E-state index is 12.7. The topological polar surface area (TPSA) is 137 Å². The number of thiocarbonyl (C=S) groups is 1. The number of allylic oxidation sites excluding steroid dienone is 1. The zero-order valence-corrected chi connectivity index (χ0v) is 24.5. The van der Waals surface area contributed by atoms with E-state index < -0.39 is 23.9 Å². The minimum absolute atomic E-state index is 0.209. The van der Waals surface area contributed by atoms with Crippen LogP contribution in [0.15, 0.2) is 63.3 Å². The summed E-state index contributed by atoms with van der Waals surface area (Å²) in [5, 5.41) is 10.3. The van der Waals surface area contributed by atoms with Gasteiger partial charge in [-0.15, -0.1) is 0 Å². The van der Waals surface area contributed by atoms with Crippen molar-refractivity contribution >= 4 is 57.3 Å². The van der Waals surface area contributed by atoms with Crippen molar-refractivity contribution in [2.24, 2.45) is 5.10 Å². The molecule has 11 nitrogen and oxygen atoms in total. The molecule has 0 saturated heterocycles. The van der Waals surface area contributed by atoms with Crippen molar-refractivity contribution in [2.75, 3.05) is 26.4 Å². The van der Waals surface area contributed by atoms with E-state index >= 15 is 0 Å². The third kappa shape index (κ3) is 8.52. The van der Waals surface area contributed by atoms with E-state index in [1.807, 2.05) is 0 Å². The fraction of sp³-hybridized carbons (Fsp3) is 0.296. The highest BCUT2D eigenvalue weighted by Gasteiger charge is 2.32. The molecule has 1 atom stereocenters. The van der Waals surface area contributed by atoms with Crippen LogP contribution in [-0.2, 0) is 23.9 Å². The number of hydrazone groups is 1. The SMILES string of the molecule is CCOC(=O)COc1ccc(C=NNC(=O)COc2ccccc2[C@H]2NC(=S)NC(C)=C2C(=O)OCC)cc1Br. The molecular formula is C27H29BrN4O7S. The Morgan fingerprint density at radius 1 is 1.05 bits per heavy atom. The number of amides is 1. The molecule has 0 radical (unpaired) electrons. The second-order valence-corrected chi connectivity index (χ2v) is 9.46. The van der Waals surface area contributed by atoms with Gasteiger partial charge in [-0.2, -0.15) is 5.10 Å². The number of ether oxygens (including phenoxy) is 4. The quantitative estimate of drug-likeness (QED) is 0.138. The van der Waals surface area contributed by atoms with Gasteiger partial charge in [0, 0.05) is 11.3 Å². The van der Waals surface area contributed by atoms with Crippen LogP contribution in [0.25, 0.3) is 0 Å². The summed E-state index contributed by atoms with van der Waals surface area (Å²) in [5.74, 6) is -0.596. The Bertz CT molecular complexity index is 1330. The van der Waals surface area contributed by atoms with Crippen LogP contribution in [-0.4, -0.2) is 55.6 Å². The van der Waals surface area contributed by atoms with Gasteiger partial charge in [0.05, 0.1) is 35.5 Å². The number of nitrogens with zero attached hydrogens (tertiary/aromatic N) is 1. The monoisotopic (exact) mass is 632 g/mol. The molecule has 1 aliphatic rings. The number of para-hydroxylation sites is 1. The fourth-order valence-electron chi connectivity index (χ4n) is 3.67. The van der Waals surface area contributed by atoms with Gasteiger partial charge in [-0.1, -0.05) is 18.2 Å². The molecule has 0 fully saturated rings. The largest absolute Gasteiger partial charge is 0.483 e. The van der Waals surface area contributed by atoms with Gasteiger partial charge in [-0.3, -0.25) is 4.79 Å². The van der Waals surface area contributed by atoms with E-state index in [1.165, 1.54) is 6.21 Å². The Morgan fingerprint density at radius 2 is 1.77 bits per heavy atom. The maximum Gasteiger partial charge on any atom is 0.344 e. The highest BCUT2D eigenvalue weighted by Crippen LogP contribution is 2.33. The summed E-state index contributed by atoms with van der Waals surface area (Å²) in [6.45, 7) is 5.15. The molecule has 1 aliphatic heterocycles. The first kappa shape index (κ1) is 30.6. The fourth-order valence-corrected chi connectivity index (χ4v) is 4.45. The number of hydrogen-bond acceptors (Lipinski definition) is 9. The highest BCUT2D eigenvalue weighted by atomic mass is 79.9. The lowest BCUT2D eigenvalue weighted by molar-refractivity contribution is -0.145. The average molecular weight is 634 g/mol. The van der Waals surface area contributed by atoms with E-state index in [4.69, 9.17) is 31.2 Å². The van der Waals surface area contributed by atoms with E-state index in [1.54, 1.807) is 63.2 Å². The predicted molar refractivity (Wildman–Crippen MR) is 155 cm³/mol. The third-order valence-corrected chi connectivity index (χ3v) is 6.20. The summed E-state index contributed by atoms with van der Waals surface area (Å²) in [7, 11) is 0. The standard InChI is InChI=1S/C27H29BrN4O7S/c1-4-36-23(34)15-39-21-11-10-17(12-19(21)28)13-29-32-22(33)14-38-20-9-7-6-8-18(20)25-24(26(35)37-5-2)16(3)30-27(40)31-25/h6-13,25H,4-5,14-15H2,1-3H3,(H,32,33)(H2,30,31,40)/t25-/m1/s1. The molecule has 2 aromatic rings. The average Bonchev–Trinajstić information content (AvgIpc) is 2.91. The number of carbonyl (C=O) groups is 3. The van der Waals surface area contributed by atoms with Gasteiger partial charge in [-0.25, -0.2) is 15.0 Å². The van der Waals surface area contributed by atoms with Crippen LogP contribution in [0.2, 0.25) is 0 Å². The number of halogens is 1. The number of carbonyl (C=O) groups excluding carboxylic acids is 3. The first-order valence-electron chi connectivity index (χ1n) is 12.3. The van der Waals surface area contributed by atoms with Gasteiger partial charge in [0.1, 0.15) is 11.5 Å². The van der Waals surface area contributed by atoms with Gasteiger partial charge >= 0.3 is 11.9 Å². The molecule has 1 amide bonds. The van der Waals surface area contributed by atoms with Crippen LogP contribution in [0.5, 0.6) is 11.5 Å². The minimum atomic E-state index is -0.632. The molecule has 212 valence electrons. The van der Waals surface area contributed by atoms with Crippen molar-refractivity contribution in [2.45, 2.75) is 26.8 Å². The van der Waals surface area contributed by atoms with Crippen molar-refractivity contribution < 1.29 is 33.3 Å². The van der Waals surface area contributed by atoms with Crippen molar-refractivity contribution in [1.29, 1.82) is 0 Å². The van der Waals surface area contributed by atoms with Crippen molar-refractivity contribution in [3.05, 3.63) is 69.3 Å². The molecule has 0 bridgehead atoms. The molecule has 0 aliphatic carbocycles. The van der Waals surface area contributed by atoms with E-state index in [2.05, 4.69) is 37.1 Å². The molecule has 40 heavy (non-hydrogen) atoms. The van der Waals surface area contributed by atoms with Gasteiger partial charge in [0.2, 0.25) is 0 Å². The van der Waals surface area contributed by atoms with Crippen LogP contribution in [0.3, 0.4) is 0 Å². The number of nitrogens with one attached hydrogen (secondary N) is 3. The minimum Gasteiger partial charge on any atom is -0.483 e. The zero-order chi connectivity index (χ0) is 29.1. The molecular weight excluding hydrogens is 604 g/mol. The molecule has 0 saturated carbocycles. The lowest BCUT2D eigenvalue weighted by Crippen LogP contribution is -2.45. The number of rotatable bonds is 12. The van der Waals surface area contributed by atoms with Gasteiger partial charge < -0.3 is 29.6 Å². The maximum absolute atomic E-state index is 12.7. The molecule has 0 unspecified atom stereocenters. The van der Waals surface area contributed by atoms with Crippen LogP contribution >= 0.6 is 28.1 Å². The summed E-state index contributed by atoms with van der Waals surface area (Å²) in [6, 6.07) is 11.5. The van der Waals surface area contributed by atoms with E-state index in [0.717, 1.165) is 0 Å². The van der Waals surface area contributed by atoms with Crippen molar-refractivity contribution in [1.82, 2.24) is 16.1 Å². The van der Waals surface area contributed by atoms with Crippen LogP contribution < -0.4 is 25.5 Å². The molecule has 0 aromatic heterocycles. The molecule has 2 aromatic carbocycles. The van der Waals surface area contributed by atoms with Gasteiger partial charge in [-0.05, 0) is 78.7 Å². The predicted octanol–water partition coefficient (Wildman–Crippen LogP) is 3.28. The first-order valence-corrected chi connectivity index (χ1v) is 13.5. The third-order valence-electron chi connectivity index (χ3n) is 5.36. The van der Waals surface area contributed by atoms with Crippen LogP contribution in [0.1, 0.15) is 37.9 Å². The van der Waals surface area contributed by atoms with Crippen LogP contribution in [0.4, 0.5) is 0 Å². The molecule has 3 rings (SSSR count). The van der Waals surface area contributed by atoms with Gasteiger partial charge in [0.15, 0.2) is 18.3 Å². The Morgan fingerprint density at radius 3 is 2.50 bits per heavy atom. The first-order chi connectivity index (χ1) is 19.2. The van der Waals surface area contributed by atoms with Crippen LogP contribution in [0, 0.1) is 0 Å².